The molecule has 106 valence electrons. The monoisotopic (exact) mass is 296 g/mol. The van der Waals surface area contributed by atoms with E-state index in [2.05, 4.69) is 5.32 Å². The van der Waals surface area contributed by atoms with E-state index in [4.69, 9.17) is 5.11 Å². The standard InChI is InChI=1S/C13H13FN2O3S/c14-10-8-9(16(18)19)3-4-11(10)15-12(5-6-17)13-2-1-7-20-13/h1-4,7-8,12,15,17H,5-6H2. The number of benzene rings is 1. The molecule has 0 saturated heterocycles. The molecule has 5 nitrogen and oxygen atoms in total. The van der Waals surface area contributed by atoms with Crippen molar-refractivity contribution < 1.29 is 14.4 Å². The highest BCUT2D eigenvalue weighted by molar-refractivity contribution is 7.10. The van der Waals surface area contributed by atoms with Crippen LogP contribution in [0.4, 0.5) is 15.8 Å². The molecule has 0 amide bonds. The molecule has 0 fully saturated rings. The number of halogens is 1. The highest BCUT2D eigenvalue weighted by atomic mass is 32.1. The van der Waals surface area contributed by atoms with Crippen molar-refractivity contribution >= 4 is 22.7 Å². The third-order valence-corrected chi connectivity index (χ3v) is 3.78. The first-order valence-electron chi connectivity index (χ1n) is 5.96. The van der Waals surface area contributed by atoms with E-state index in [1.54, 1.807) is 0 Å². The van der Waals surface area contributed by atoms with Crippen LogP contribution in [-0.2, 0) is 0 Å². The summed E-state index contributed by atoms with van der Waals surface area (Å²) in [7, 11) is 0. The van der Waals surface area contributed by atoms with E-state index in [1.165, 1.54) is 23.5 Å². The number of thiophene rings is 1. The molecule has 7 heteroatoms. The number of hydrogen-bond donors (Lipinski definition) is 2. The van der Waals surface area contributed by atoms with Crippen molar-refractivity contribution in [3.8, 4) is 0 Å². The summed E-state index contributed by atoms with van der Waals surface area (Å²) in [6.45, 7) is -0.0375. The average molecular weight is 296 g/mol. The molecule has 0 spiro atoms. The molecule has 0 aliphatic rings. The number of hydrogen-bond acceptors (Lipinski definition) is 5. The Labute approximate surface area is 118 Å². The summed E-state index contributed by atoms with van der Waals surface area (Å²) in [5, 5.41) is 24.5. The number of nitro groups is 1. The molecule has 2 rings (SSSR count). The van der Waals surface area contributed by atoms with Crippen molar-refractivity contribution in [2.75, 3.05) is 11.9 Å². The number of rotatable bonds is 6. The number of nitro benzene ring substituents is 1. The van der Waals surface area contributed by atoms with Crippen molar-refractivity contribution in [2.24, 2.45) is 0 Å². The fraction of sp³-hybridized carbons (Fsp3) is 0.231. The third kappa shape index (κ3) is 3.31. The van der Waals surface area contributed by atoms with E-state index < -0.39 is 10.7 Å². The van der Waals surface area contributed by atoms with Crippen molar-refractivity contribution in [2.45, 2.75) is 12.5 Å². The number of nitrogens with zero attached hydrogens (tertiary/aromatic N) is 1. The van der Waals surface area contributed by atoms with E-state index in [0.29, 0.717) is 6.42 Å². The van der Waals surface area contributed by atoms with Gasteiger partial charge in [-0.05, 0) is 23.9 Å². The quantitative estimate of drug-likeness (QED) is 0.633. The smallest absolute Gasteiger partial charge is 0.272 e. The molecule has 0 aliphatic heterocycles. The van der Waals surface area contributed by atoms with Crippen LogP contribution in [-0.4, -0.2) is 16.6 Å². The molecular formula is C13H13FN2O3S. The van der Waals surface area contributed by atoms with E-state index >= 15 is 0 Å². The first kappa shape index (κ1) is 14.4. The molecule has 0 aliphatic carbocycles. The first-order valence-corrected chi connectivity index (χ1v) is 6.84. The lowest BCUT2D eigenvalue weighted by molar-refractivity contribution is -0.385. The van der Waals surface area contributed by atoms with Gasteiger partial charge in [-0.2, -0.15) is 0 Å². The number of aliphatic hydroxyl groups excluding tert-OH is 1. The van der Waals surface area contributed by atoms with Crippen LogP contribution in [0.15, 0.2) is 35.7 Å². The summed E-state index contributed by atoms with van der Waals surface area (Å²) >= 11 is 1.50. The summed E-state index contributed by atoms with van der Waals surface area (Å²) in [6.07, 6.45) is 0.428. The molecule has 2 aromatic rings. The van der Waals surface area contributed by atoms with E-state index in [0.717, 1.165) is 10.9 Å². The number of aliphatic hydroxyl groups is 1. The molecule has 1 unspecified atom stereocenters. The van der Waals surface area contributed by atoms with E-state index in [-0.39, 0.29) is 24.0 Å². The zero-order valence-corrected chi connectivity index (χ0v) is 11.3. The Morgan fingerprint density at radius 1 is 1.45 bits per heavy atom. The minimum Gasteiger partial charge on any atom is -0.396 e. The van der Waals surface area contributed by atoms with Crippen molar-refractivity contribution in [1.82, 2.24) is 0 Å². The van der Waals surface area contributed by atoms with Crippen LogP contribution in [0.1, 0.15) is 17.3 Å². The third-order valence-electron chi connectivity index (χ3n) is 2.80. The Kier molecular flexibility index (Phi) is 4.65. The fourth-order valence-electron chi connectivity index (χ4n) is 1.83. The summed E-state index contributed by atoms with van der Waals surface area (Å²) in [6, 6.07) is 7.00. The highest BCUT2D eigenvalue weighted by Gasteiger charge is 2.16. The lowest BCUT2D eigenvalue weighted by Crippen LogP contribution is -2.12. The Morgan fingerprint density at radius 3 is 2.80 bits per heavy atom. The summed E-state index contributed by atoms with van der Waals surface area (Å²) in [5.74, 6) is -0.682. The molecule has 0 saturated carbocycles. The van der Waals surface area contributed by atoms with Crippen LogP contribution < -0.4 is 5.32 Å². The Balaban J connectivity index is 2.21. The molecule has 0 bridgehead atoms. The second-order valence-electron chi connectivity index (χ2n) is 4.15. The van der Waals surface area contributed by atoms with E-state index in [9.17, 15) is 14.5 Å². The normalized spacial score (nSPS) is 12.1. The van der Waals surface area contributed by atoms with Crippen LogP contribution in [0.2, 0.25) is 0 Å². The predicted molar refractivity (Wildman–Crippen MR) is 75.4 cm³/mol. The van der Waals surface area contributed by atoms with Crippen LogP contribution in [0.25, 0.3) is 0 Å². The van der Waals surface area contributed by atoms with Crippen molar-refractivity contribution in [3.05, 3.63) is 56.5 Å². The molecule has 20 heavy (non-hydrogen) atoms. The lowest BCUT2D eigenvalue weighted by atomic mass is 10.1. The molecule has 1 aromatic heterocycles. The minimum absolute atomic E-state index is 0.0375. The molecular weight excluding hydrogens is 283 g/mol. The molecule has 2 N–H and O–H groups in total. The van der Waals surface area contributed by atoms with Gasteiger partial charge in [-0.3, -0.25) is 10.1 Å². The van der Waals surface area contributed by atoms with Crippen molar-refractivity contribution in [1.29, 1.82) is 0 Å². The number of non-ortho nitro benzene ring substituents is 1. The first-order chi connectivity index (χ1) is 9.61. The largest absolute Gasteiger partial charge is 0.396 e. The topological polar surface area (TPSA) is 75.4 Å². The highest BCUT2D eigenvalue weighted by Crippen LogP contribution is 2.28. The molecule has 0 radical (unpaired) electrons. The Morgan fingerprint density at radius 2 is 2.25 bits per heavy atom. The van der Waals surface area contributed by atoms with Gasteiger partial charge in [-0.1, -0.05) is 6.07 Å². The Bertz CT molecular complexity index is 589. The van der Waals surface area contributed by atoms with Gasteiger partial charge in [-0.15, -0.1) is 11.3 Å². The summed E-state index contributed by atoms with van der Waals surface area (Å²) in [5.41, 5.74) is -0.106. The maximum atomic E-state index is 13.8. The van der Waals surface area contributed by atoms with Crippen LogP contribution in [0, 0.1) is 15.9 Å². The fourth-order valence-corrected chi connectivity index (χ4v) is 2.64. The zero-order valence-electron chi connectivity index (χ0n) is 10.5. The van der Waals surface area contributed by atoms with Crippen LogP contribution in [0.3, 0.4) is 0 Å². The zero-order chi connectivity index (χ0) is 14.5. The second-order valence-corrected chi connectivity index (χ2v) is 5.13. The van der Waals surface area contributed by atoms with Gasteiger partial charge in [0.15, 0.2) is 5.82 Å². The SMILES string of the molecule is O=[N+]([O-])c1ccc(NC(CCO)c2cccs2)c(F)c1. The van der Waals surface area contributed by atoms with Gasteiger partial charge in [0.25, 0.3) is 5.69 Å². The van der Waals surface area contributed by atoms with Gasteiger partial charge in [-0.25, -0.2) is 4.39 Å². The molecule has 1 atom stereocenters. The number of nitrogens with one attached hydrogen (secondary N) is 1. The lowest BCUT2D eigenvalue weighted by Gasteiger charge is -2.18. The molecule has 1 aromatic carbocycles. The Hall–Kier alpha value is -1.99. The average Bonchev–Trinajstić information content (AvgIpc) is 2.94. The molecule has 1 heterocycles. The predicted octanol–water partition coefficient (Wildman–Crippen LogP) is 3.33. The van der Waals surface area contributed by atoms with Gasteiger partial charge in [0.2, 0.25) is 0 Å². The van der Waals surface area contributed by atoms with Gasteiger partial charge in [0.1, 0.15) is 0 Å². The maximum absolute atomic E-state index is 13.8. The maximum Gasteiger partial charge on any atom is 0.272 e. The number of anilines is 1. The van der Waals surface area contributed by atoms with Crippen LogP contribution >= 0.6 is 11.3 Å². The van der Waals surface area contributed by atoms with Gasteiger partial charge >= 0.3 is 0 Å². The van der Waals surface area contributed by atoms with Crippen LogP contribution in [0.5, 0.6) is 0 Å². The van der Waals surface area contributed by atoms with Gasteiger partial charge in [0.05, 0.1) is 22.7 Å². The van der Waals surface area contributed by atoms with Crippen molar-refractivity contribution in [3.63, 3.8) is 0 Å². The van der Waals surface area contributed by atoms with Gasteiger partial charge < -0.3 is 10.4 Å². The summed E-state index contributed by atoms with van der Waals surface area (Å²) < 4.78 is 13.8. The van der Waals surface area contributed by atoms with Gasteiger partial charge in [0, 0.05) is 17.6 Å². The van der Waals surface area contributed by atoms with E-state index in [1.807, 2.05) is 17.5 Å². The second kappa shape index (κ2) is 6.44. The summed E-state index contributed by atoms with van der Waals surface area (Å²) in [4.78, 5) is 10.9. The minimum atomic E-state index is -0.682.